The van der Waals surface area contributed by atoms with Gasteiger partial charge in [0.2, 0.25) is 0 Å². The van der Waals surface area contributed by atoms with Crippen LogP contribution < -0.4 is 0 Å². The maximum atomic E-state index is 12.9. The summed E-state index contributed by atoms with van der Waals surface area (Å²) in [7, 11) is 0. The summed E-state index contributed by atoms with van der Waals surface area (Å²) in [6, 6.07) is 4.67. The van der Waals surface area contributed by atoms with Gasteiger partial charge in [-0.3, -0.25) is 4.79 Å². The SMILES string of the molecule is O=C1C=C(Cc2ccc(F)cc2Br)CCC1. The van der Waals surface area contributed by atoms with Gasteiger partial charge in [-0.2, -0.15) is 0 Å². The van der Waals surface area contributed by atoms with Crippen molar-refractivity contribution in [3.8, 4) is 0 Å². The second-order valence-corrected chi connectivity index (χ2v) is 4.89. The Morgan fingerprint density at radius 2 is 2.12 bits per heavy atom. The average Bonchev–Trinajstić information content (AvgIpc) is 2.22. The van der Waals surface area contributed by atoms with Gasteiger partial charge in [0.1, 0.15) is 5.82 Å². The van der Waals surface area contributed by atoms with Gasteiger partial charge in [-0.15, -0.1) is 0 Å². The van der Waals surface area contributed by atoms with E-state index < -0.39 is 0 Å². The Labute approximate surface area is 102 Å². The number of carbonyl (C=O) groups excluding carboxylic acids is 1. The van der Waals surface area contributed by atoms with Crippen molar-refractivity contribution < 1.29 is 9.18 Å². The molecular formula is C13H12BrFO. The van der Waals surface area contributed by atoms with Crippen LogP contribution in [0.4, 0.5) is 4.39 Å². The number of allylic oxidation sites excluding steroid dienone is 2. The summed E-state index contributed by atoms with van der Waals surface area (Å²) < 4.78 is 13.7. The minimum atomic E-state index is -0.246. The molecule has 0 saturated heterocycles. The molecule has 0 aromatic heterocycles. The van der Waals surface area contributed by atoms with Gasteiger partial charge in [-0.1, -0.05) is 27.6 Å². The Hall–Kier alpha value is -0.960. The molecule has 16 heavy (non-hydrogen) atoms. The van der Waals surface area contributed by atoms with Crippen LogP contribution in [0.15, 0.2) is 34.3 Å². The molecule has 84 valence electrons. The third-order valence-corrected chi connectivity index (χ3v) is 3.46. The van der Waals surface area contributed by atoms with E-state index in [0.29, 0.717) is 6.42 Å². The number of rotatable bonds is 2. The molecule has 0 atom stereocenters. The van der Waals surface area contributed by atoms with Crippen LogP contribution in [-0.4, -0.2) is 5.78 Å². The van der Waals surface area contributed by atoms with Gasteiger partial charge in [0, 0.05) is 10.9 Å². The number of ketones is 1. The van der Waals surface area contributed by atoms with Crippen molar-refractivity contribution in [2.45, 2.75) is 25.7 Å². The van der Waals surface area contributed by atoms with Crippen molar-refractivity contribution in [3.05, 3.63) is 45.7 Å². The monoisotopic (exact) mass is 282 g/mol. The van der Waals surface area contributed by atoms with Gasteiger partial charge in [-0.05, 0) is 43.0 Å². The lowest BCUT2D eigenvalue weighted by atomic mass is 9.93. The fourth-order valence-electron chi connectivity index (χ4n) is 1.91. The van der Waals surface area contributed by atoms with Crippen molar-refractivity contribution >= 4 is 21.7 Å². The Balaban J connectivity index is 2.17. The predicted octanol–water partition coefficient (Wildman–Crippen LogP) is 3.81. The maximum absolute atomic E-state index is 12.9. The maximum Gasteiger partial charge on any atom is 0.155 e. The third kappa shape index (κ3) is 2.79. The van der Waals surface area contributed by atoms with Crippen molar-refractivity contribution in [1.29, 1.82) is 0 Å². The quantitative estimate of drug-likeness (QED) is 0.806. The average molecular weight is 283 g/mol. The van der Waals surface area contributed by atoms with Crippen LogP contribution in [0, 0.1) is 5.82 Å². The van der Waals surface area contributed by atoms with Gasteiger partial charge < -0.3 is 0 Å². The first-order chi connectivity index (χ1) is 7.65. The van der Waals surface area contributed by atoms with Crippen LogP contribution in [0.1, 0.15) is 24.8 Å². The fraction of sp³-hybridized carbons (Fsp3) is 0.308. The fourth-order valence-corrected chi connectivity index (χ4v) is 2.40. The highest BCUT2D eigenvalue weighted by atomic mass is 79.9. The zero-order valence-electron chi connectivity index (χ0n) is 8.80. The first-order valence-electron chi connectivity index (χ1n) is 5.31. The molecule has 1 nitrogen and oxygen atoms in total. The normalized spacial score (nSPS) is 16.1. The van der Waals surface area contributed by atoms with Crippen LogP contribution in [0.3, 0.4) is 0 Å². The summed E-state index contributed by atoms with van der Waals surface area (Å²) in [5.74, 6) is -0.0381. The smallest absolute Gasteiger partial charge is 0.155 e. The minimum Gasteiger partial charge on any atom is -0.295 e. The van der Waals surface area contributed by atoms with Gasteiger partial charge in [-0.25, -0.2) is 4.39 Å². The van der Waals surface area contributed by atoms with Crippen molar-refractivity contribution in [2.75, 3.05) is 0 Å². The van der Waals surface area contributed by atoms with Crippen LogP contribution in [0.2, 0.25) is 0 Å². The highest BCUT2D eigenvalue weighted by Gasteiger charge is 2.11. The second kappa shape index (κ2) is 4.91. The summed E-state index contributed by atoms with van der Waals surface area (Å²) in [4.78, 5) is 11.3. The van der Waals surface area contributed by atoms with E-state index in [2.05, 4.69) is 15.9 Å². The number of halogens is 2. The molecule has 0 fully saturated rings. The van der Waals surface area contributed by atoms with Crippen molar-refractivity contribution in [1.82, 2.24) is 0 Å². The summed E-state index contributed by atoms with van der Waals surface area (Å²) >= 11 is 3.34. The molecule has 1 aliphatic carbocycles. The molecule has 3 heteroatoms. The molecule has 2 rings (SSSR count). The molecular weight excluding hydrogens is 271 g/mol. The van der Waals surface area contributed by atoms with Crippen molar-refractivity contribution in [2.24, 2.45) is 0 Å². The van der Waals surface area contributed by atoms with E-state index in [1.807, 2.05) is 0 Å². The first-order valence-corrected chi connectivity index (χ1v) is 6.10. The van der Waals surface area contributed by atoms with E-state index in [1.54, 1.807) is 12.1 Å². The topological polar surface area (TPSA) is 17.1 Å². The highest BCUT2D eigenvalue weighted by Crippen LogP contribution is 2.24. The van der Waals surface area contributed by atoms with Crippen LogP contribution >= 0.6 is 15.9 Å². The van der Waals surface area contributed by atoms with E-state index in [9.17, 15) is 9.18 Å². The van der Waals surface area contributed by atoms with E-state index >= 15 is 0 Å². The zero-order chi connectivity index (χ0) is 11.5. The highest BCUT2D eigenvalue weighted by molar-refractivity contribution is 9.10. The lowest BCUT2D eigenvalue weighted by Gasteiger charge is -2.12. The second-order valence-electron chi connectivity index (χ2n) is 4.03. The lowest BCUT2D eigenvalue weighted by molar-refractivity contribution is -0.115. The van der Waals surface area contributed by atoms with Crippen LogP contribution in [0.5, 0.6) is 0 Å². The molecule has 0 radical (unpaired) electrons. The molecule has 0 heterocycles. The van der Waals surface area contributed by atoms with Gasteiger partial charge in [0.05, 0.1) is 0 Å². The molecule has 1 aromatic carbocycles. The van der Waals surface area contributed by atoms with E-state index in [4.69, 9.17) is 0 Å². The summed E-state index contributed by atoms with van der Waals surface area (Å²) in [5, 5.41) is 0. The Morgan fingerprint density at radius 3 is 2.81 bits per heavy atom. The van der Waals surface area contributed by atoms with Gasteiger partial charge in [0.25, 0.3) is 0 Å². The largest absolute Gasteiger partial charge is 0.295 e. The van der Waals surface area contributed by atoms with Crippen LogP contribution in [-0.2, 0) is 11.2 Å². The lowest BCUT2D eigenvalue weighted by Crippen LogP contribution is -2.04. The third-order valence-electron chi connectivity index (χ3n) is 2.72. The molecule has 0 unspecified atom stereocenters. The molecule has 1 aromatic rings. The number of hydrogen-bond acceptors (Lipinski definition) is 1. The molecule has 0 N–H and O–H groups in total. The summed E-state index contributed by atoms with van der Waals surface area (Å²) in [6.45, 7) is 0. The molecule has 0 amide bonds. The number of carbonyl (C=O) groups is 1. The number of hydrogen-bond donors (Lipinski definition) is 0. The molecule has 0 bridgehead atoms. The van der Waals surface area contributed by atoms with Gasteiger partial charge in [0.15, 0.2) is 5.78 Å². The Kier molecular flexibility index (Phi) is 3.54. The number of benzene rings is 1. The molecule has 1 aliphatic rings. The Morgan fingerprint density at radius 1 is 1.31 bits per heavy atom. The standard InChI is InChI=1S/C13H12BrFO/c14-13-8-11(15)5-4-10(13)6-9-2-1-3-12(16)7-9/h4-5,7-8H,1-3,6H2. The van der Waals surface area contributed by atoms with E-state index in [0.717, 1.165) is 34.9 Å². The molecule has 0 saturated carbocycles. The zero-order valence-corrected chi connectivity index (χ0v) is 10.4. The van der Waals surface area contributed by atoms with Gasteiger partial charge >= 0.3 is 0 Å². The van der Waals surface area contributed by atoms with E-state index in [1.165, 1.54) is 12.1 Å². The molecule has 0 spiro atoms. The van der Waals surface area contributed by atoms with Crippen LogP contribution in [0.25, 0.3) is 0 Å². The minimum absolute atomic E-state index is 0.208. The van der Waals surface area contributed by atoms with E-state index in [-0.39, 0.29) is 11.6 Å². The molecule has 0 aliphatic heterocycles. The summed E-state index contributed by atoms with van der Waals surface area (Å²) in [6.07, 6.45) is 5.03. The predicted molar refractivity (Wildman–Crippen MR) is 64.7 cm³/mol. The summed E-state index contributed by atoms with van der Waals surface area (Å²) in [5.41, 5.74) is 2.17. The first kappa shape index (κ1) is 11.5. The van der Waals surface area contributed by atoms with Crippen molar-refractivity contribution in [3.63, 3.8) is 0 Å². The Bertz CT molecular complexity index is 451.